The van der Waals surface area contributed by atoms with Crippen LogP contribution < -0.4 is 4.46 Å². The van der Waals surface area contributed by atoms with Crippen LogP contribution in [0.1, 0.15) is 5.56 Å². The molecule has 0 aromatic heterocycles. The molecule has 0 radical (unpaired) electrons. The van der Waals surface area contributed by atoms with E-state index < -0.39 is 270 Å². The van der Waals surface area contributed by atoms with Gasteiger partial charge in [0.05, 0.1) is 26.4 Å². The molecule has 35 heteroatoms. The summed E-state index contributed by atoms with van der Waals surface area (Å²) in [5, 5.41) is 224. The van der Waals surface area contributed by atoms with E-state index in [1.165, 1.54) is 0 Å². The van der Waals surface area contributed by atoms with Gasteiger partial charge in [-0.3, -0.25) is 0 Å². The van der Waals surface area contributed by atoms with Crippen molar-refractivity contribution in [3.8, 4) is 0 Å². The van der Waals surface area contributed by atoms with Crippen molar-refractivity contribution in [2.45, 2.75) is 227 Å². The molecule has 0 unspecified atom stereocenters. The molecule has 0 spiro atoms. The Kier molecular flexibility index (Phi) is 22.8. The first kappa shape index (κ1) is 66.8. The normalized spacial score (nSPS) is 51.7. The van der Waals surface area contributed by atoms with Crippen LogP contribution in [0.25, 0.3) is 0 Å². The second-order valence-corrected chi connectivity index (χ2v) is 23.8. The summed E-state index contributed by atoms with van der Waals surface area (Å²) >= 11 is -0.525. The first-order chi connectivity index (χ1) is 40.1. The zero-order valence-corrected chi connectivity index (χ0v) is 46.2. The summed E-state index contributed by atoms with van der Waals surface area (Å²) in [5.41, 5.74) is 0.864. The van der Waals surface area contributed by atoms with Crippen molar-refractivity contribution in [2.24, 2.45) is 0 Å². The Morgan fingerprint density at radius 1 is 0.274 bits per heavy atom. The molecule has 482 valence electrons. The first-order valence-corrected chi connectivity index (χ1v) is 29.2. The standard InChI is InChI=1S/C49H76O34Se/c1-13-4-2-3-5-21(13)84-12-20-42-28(62)35(69)49(76-20)82-41-19(11-55)74-47(33(67)26(41)60)80-39-17(9-53)72-45(31(65)24(39)58)78-37-15(7-51)70-43(29(63)22(37)56)77-36-14(6-50)71-44(30(64)23(36)57)79-38-16(8-52)73-46(32(66)25(38)59)81-40-18(10-54)75-48(83-42)34(68)27(40)61/h2-5,14-20,22-69H,6-12H2,1H3/t14-,15-,16-,17+,18-,19-,20-,22-,23+,24-,25+,26-,27+,28-,29-,30+,31-,32+,33-,34+,35-,36-,37-,38-,39-,40-,41-,42-,43-,44-,45-,46-,47-,48-,49-/m1/s1. The predicted octanol–water partition coefficient (Wildman–Crippen LogP) is -13.5. The van der Waals surface area contributed by atoms with Gasteiger partial charge in [-0.15, -0.1) is 0 Å². The van der Waals surface area contributed by atoms with E-state index in [-0.39, 0.29) is 5.32 Å². The summed E-state index contributed by atoms with van der Waals surface area (Å²) in [6.45, 7) is -4.32. The van der Waals surface area contributed by atoms with E-state index in [0.717, 1.165) is 10.0 Å². The van der Waals surface area contributed by atoms with Crippen LogP contribution in [0.2, 0.25) is 5.32 Å². The third-order valence-corrected chi connectivity index (χ3v) is 18.8. The number of hydrogen-bond acceptors (Lipinski definition) is 34. The average Bonchev–Trinajstić information content (AvgIpc) is 1.23. The van der Waals surface area contributed by atoms with E-state index in [4.69, 9.17) is 66.3 Å². The Morgan fingerprint density at radius 3 is 0.667 bits per heavy atom. The topological polar surface area (TPSA) is 534 Å². The molecule has 21 aliphatic heterocycles. The Labute approximate surface area is 483 Å². The molecule has 21 aliphatic rings. The Bertz CT molecular complexity index is 2200. The zero-order valence-electron chi connectivity index (χ0n) is 44.5. The van der Waals surface area contributed by atoms with Crippen molar-refractivity contribution in [1.29, 1.82) is 0 Å². The molecule has 0 amide bonds. The van der Waals surface area contributed by atoms with Gasteiger partial charge < -0.3 is 84.6 Å². The van der Waals surface area contributed by atoms with Crippen LogP contribution in [0.5, 0.6) is 0 Å². The maximum absolute atomic E-state index is 11.9. The molecule has 35 atom stereocenters. The third kappa shape index (κ3) is 13.4. The van der Waals surface area contributed by atoms with E-state index in [1.54, 1.807) is 12.1 Å². The zero-order chi connectivity index (χ0) is 60.7. The van der Waals surface area contributed by atoms with Gasteiger partial charge in [0, 0.05) is 0 Å². The molecule has 34 nitrogen and oxygen atoms in total. The van der Waals surface area contributed by atoms with Crippen molar-refractivity contribution >= 4 is 19.4 Å². The number of rotatable bonds is 9. The van der Waals surface area contributed by atoms with Crippen molar-refractivity contribution < 1.29 is 168 Å². The summed E-state index contributed by atoms with van der Waals surface area (Å²) < 4.78 is 82.5. The first-order valence-electron chi connectivity index (χ1n) is 27.1. The number of aliphatic hydroxyl groups excluding tert-OH is 20. The van der Waals surface area contributed by atoms with E-state index >= 15 is 0 Å². The molecular weight excluding hydrogens is 1210 g/mol. The van der Waals surface area contributed by atoms with Gasteiger partial charge >= 0.3 is 294 Å². The molecule has 14 bridgehead atoms. The minimum atomic E-state index is -2.20. The molecule has 22 rings (SSSR count). The van der Waals surface area contributed by atoms with Gasteiger partial charge in [0.25, 0.3) is 0 Å². The second-order valence-electron chi connectivity index (χ2n) is 21.5. The van der Waals surface area contributed by atoms with Crippen LogP contribution in [-0.4, -0.2) is 372 Å². The van der Waals surface area contributed by atoms with Gasteiger partial charge in [0.2, 0.25) is 0 Å². The van der Waals surface area contributed by atoms with E-state index in [2.05, 4.69) is 0 Å². The molecule has 84 heavy (non-hydrogen) atoms. The molecule has 0 aliphatic carbocycles. The molecular formula is C49H76O34Se. The average molecular weight is 1290 g/mol. The molecule has 21 saturated heterocycles. The summed E-state index contributed by atoms with van der Waals surface area (Å²) in [7, 11) is 0. The fraction of sp³-hybridized carbons (Fsp3) is 0.878. The Morgan fingerprint density at radius 2 is 0.464 bits per heavy atom. The molecule has 21 heterocycles. The quantitative estimate of drug-likeness (QED) is 0.102. The SMILES string of the molecule is Cc1ccccc1[Se]C[C@H]1O[C@@H]2O[C@H]3[C@H](O)[C@@H](O)[C@@H](O[C@H]4[C@H](O)[C@@H](O)[C@@H](O[C@H]5[C@H](O)[C@@H](O)[C@@H](O[C@H]6[C@@H](O)[C@H](O)[C@@H](O[C@H]7[C@@H](O)[C@H](O)[C@@H](O[C@H]8[C@@H](O)[C@H](O)[C@@H](O[C@H]1[C@H](O)[C@H]2O)O[C@@H]8CO)O[C@@H]7CO)O[C@@H]6CO)O[C@@H]5CO)O[C@H]4CO)O[C@@H]3CO. The van der Waals surface area contributed by atoms with Gasteiger partial charge in [-0.1, -0.05) is 0 Å². The fourth-order valence-electron chi connectivity index (χ4n) is 11.3. The molecule has 1 aromatic carbocycles. The molecule has 21 fully saturated rings. The summed E-state index contributed by atoms with van der Waals surface area (Å²) in [6.07, 6.45) is -68.7. The number of benzene rings is 1. The van der Waals surface area contributed by atoms with Crippen LogP contribution in [0, 0.1) is 6.92 Å². The summed E-state index contributed by atoms with van der Waals surface area (Å²) in [5.74, 6) is 0. The predicted molar refractivity (Wildman–Crippen MR) is 263 cm³/mol. The van der Waals surface area contributed by atoms with Gasteiger partial charge in [0.15, 0.2) is 18.9 Å². The number of hydrogen-bond donors (Lipinski definition) is 20. The molecule has 20 N–H and O–H groups in total. The summed E-state index contributed by atoms with van der Waals surface area (Å²) in [4.78, 5) is 0. The van der Waals surface area contributed by atoms with Gasteiger partial charge in [-0.05, 0) is 0 Å². The minimum absolute atomic E-state index is 0.00667. The number of ether oxygens (including phenoxy) is 14. The summed E-state index contributed by atoms with van der Waals surface area (Å²) in [6, 6.07) is 7.23. The van der Waals surface area contributed by atoms with Crippen LogP contribution in [0.15, 0.2) is 24.3 Å². The van der Waals surface area contributed by atoms with Crippen molar-refractivity contribution in [3.05, 3.63) is 29.8 Å². The van der Waals surface area contributed by atoms with Crippen molar-refractivity contribution in [1.82, 2.24) is 0 Å². The molecule has 0 saturated carbocycles. The van der Waals surface area contributed by atoms with E-state index in [1.807, 2.05) is 19.1 Å². The maximum atomic E-state index is 11.9. The third-order valence-electron chi connectivity index (χ3n) is 16.1. The van der Waals surface area contributed by atoms with Crippen molar-refractivity contribution in [3.63, 3.8) is 0 Å². The number of aliphatic hydroxyl groups is 20. The van der Waals surface area contributed by atoms with Crippen LogP contribution in [0.3, 0.4) is 0 Å². The van der Waals surface area contributed by atoms with E-state index in [0.29, 0.717) is 0 Å². The van der Waals surface area contributed by atoms with Gasteiger partial charge in [-0.2, -0.15) is 0 Å². The monoisotopic (exact) mass is 1290 g/mol. The molecule has 1 aromatic rings. The van der Waals surface area contributed by atoms with Crippen molar-refractivity contribution in [2.75, 3.05) is 39.6 Å². The van der Waals surface area contributed by atoms with Crippen LogP contribution in [0.4, 0.5) is 0 Å². The Balaban J connectivity index is 1.02. The second kappa shape index (κ2) is 28.7. The van der Waals surface area contributed by atoms with E-state index in [9.17, 15) is 102 Å². The van der Waals surface area contributed by atoms with Crippen LogP contribution >= 0.6 is 0 Å². The Hall–Kier alpha value is -1.62. The van der Waals surface area contributed by atoms with Crippen LogP contribution in [-0.2, 0) is 66.3 Å². The fourth-order valence-corrected chi connectivity index (χ4v) is 13.6. The van der Waals surface area contributed by atoms with Gasteiger partial charge in [0.1, 0.15) is 61.0 Å². The number of aryl methyl sites for hydroxylation is 1. The van der Waals surface area contributed by atoms with Gasteiger partial charge in [-0.25, -0.2) is 0 Å².